The van der Waals surface area contributed by atoms with Crippen LogP contribution in [-0.4, -0.2) is 20.9 Å². The minimum absolute atomic E-state index is 0.0667. The van der Waals surface area contributed by atoms with Crippen molar-refractivity contribution in [3.05, 3.63) is 60.2 Å². The van der Waals surface area contributed by atoms with Crippen molar-refractivity contribution in [2.45, 2.75) is 13.0 Å². The Balaban J connectivity index is 1.78. The van der Waals surface area contributed by atoms with Gasteiger partial charge in [-0.25, -0.2) is 4.98 Å². The molecule has 5 nitrogen and oxygen atoms in total. The average molecular weight is 266 g/mol. The van der Waals surface area contributed by atoms with Gasteiger partial charge < -0.3 is 10.3 Å². The molecule has 2 heterocycles. The van der Waals surface area contributed by atoms with E-state index in [2.05, 4.69) is 20.3 Å². The Bertz CT molecular complexity index is 736. The number of carbonyl (C=O) groups excluding carboxylic acids is 1. The maximum atomic E-state index is 12.2. The first-order chi connectivity index (χ1) is 9.74. The van der Waals surface area contributed by atoms with Gasteiger partial charge in [-0.2, -0.15) is 0 Å². The molecule has 0 spiro atoms. The summed E-state index contributed by atoms with van der Waals surface area (Å²) in [6, 6.07) is 9.13. The van der Waals surface area contributed by atoms with Crippen LogP contribution >= 0.6 is 0 Å². The summed E-state index contributed by atoms with van der Waals surface area (Å²) in [6.07, 6.45) is 5.05. The first-order valence-corrected chi connectivity index (χ1v) is 6.38. The Kier molecular flexibility index (Phi) is 3.16. The molecule has 3 rings (SSSR count). The molecule has 1 amide bonds. The molecule has 2 N–H and O–H groups in total. The van der Waals surface area contributed by atoms with E-state index in [-0.39, 0.29) is 11.9 Å². The number of H-pyrrole nitrogens is 1. The lowest BCUT2D eigenvalue weighted by molar-refractivity contribution is 0.0940. The molecule has 3 aromatic rings. The number of fused-ring (bicyclic) bond motifs is 1. The van der Waals surface area contributed by atoms with E-state index in [1.807, 2.05) is 25.1 Å². The van der Waals surface area contributed by atoms with Gasteiger partial charge >= 0.3 is 0 Å². The van der Waals surface area contributed by atoms with Crippen molar-refractivity contribution in [1.82, 2.24) is 20.3 Å². The van der Waals surface area contributed by atoms with Crippen LogP contribution in [0.4, 0.5) is 0 Å². The lowest BCUT2D eigenvalue weighted by Crippen LogP contribution is -2.26. The van der Waals surface area contributed by atoms with Gasteiger partial charge in [0.05, 0.1) is 23.4 Å². The molecule has 100 valence electrons. The average Bonchev–Trinajstić information content (AvgIpc) is 2.95. The molecule has 1 aromatic carbocycles. The van der Waals surface area contributed by atoms with Gasteiger partial charge in [-0.05, 0) is 42.8 Å². The van der Waals surface area contributed by atoms with Gasteiger partial charge in [0.2, 0.25) is 0 Å². The smallest absolute Gasteiger partial charge is 0.251 e. The number of pyridine rings is 1. The number of rotatable bonds is 3. The number of hydrogen-bond acceptors (Lipinski definition) is 3. The fraction of sp³-hybridized carbons (Fsp3) is 0.133. The highest BCUT2D eigenvalue weighted by Crippen LogP contribution is 2.14. The number of imidazole rings is 1. The van der Waals surface area contributed by atoms with Crippen molar-refractivity contribution in [3.63, 3.8) is 0 Å². The van der Waals surface area contributed by atoms with Gasteiger partial charge in [-0.15, -0.1) is 0 Å². The monoisotopic (exact) mass is 266 g/mol. The number of benzene rings is 1. The van der Waals surface area contributed by atoms with Crippen LogP contribution in [0.5, 0.6) is 0 Å². The Morgan fingerprint density at radius 2 is 2.05 bits per heavy atom. The highest BCUT2D eigenvalue weighted by atomic mass is 16.1. The van der Waals surface area contributed by atoms with E-state index in [4.69, 9.17) is 0 Å². The van der Waals surface area contributed by atoms with Gasteiger partial charge in [-0.3, -0.25) is 9.78 Å². The fourth-order valence-corrected chi connectivity index (χ4v) is 2.09. The van der Waals surface area contributed by atoms with E-state index >= 15 is 0 Å². The summed E-state index contributed by atoms with van der Waals surface area (Å²) in [5, 5.41) is 2.97. The van der Waals surface area contributed by atoms with Crippen LogP contribution in [0.25, 0.3) is 11.0 Å². The van der Waals surface area contributed by atoms with Crippen LogP contribution in [-0.2, 0) is 0 Å². The molecule has 0 radical (unpaired) electrons. The standard InChI is InChI=1S/C15H14N4O/c1-10(11-4-6-16-7-5-11)19-15(20)12-2-3-13-14(8-12)18-9-17-13/h2-10H,1H3,(H,17,18)(H,19,20). The maximum Gasteiger partial charge on any atom is 0.251 e. The van der Waals surface area contributed by atoms with E-state index in [9.17, 15) is 4.79 Å². The number of amides is 1. The zero-order valence-corrected chi connectivity index (χ0v) is 11.0. The van der Waals surface area contributed by atoms with E-state index < -0.39 is 0 Å². The number of aromatic amines is 1. The molecule has 0 saturated heterocycles. The Labute approximate surface area is 116 Å². The first-order valence-electron chi connectivity index (χ1n) is 6.38. The van der Waals surface area contributed by atoms with Crippen molar-refractivity contribution in [1.29, 1.82) is 0 Å². The van der Waals surface area contributed by atoms with Crippen LogP contribution in [0, 0.1) is 0 Å². The zero-order chi connectivity index (χ0) is 13.9. The molecule has 1 unspecified atom stereocenters. The first kappa shape index (κ1) is 12.3. The third-order valence-corrected chi connectivity index (χ3v) is 3.24. The Morgan fingerprint density at radius 1 is 1.25 bits per heavy atom. The lowest BCUT2D eigenvalue weighted by atomic mass is 10.1. The molecule has 0 fully saturated rings. The lowest BCUT2D eigenvalue weighted by Gasteiger charge is -2.14. The van der Waals surface area contributed by atoms with Gasteiger partial charge in [0.1, 0.15) is 0 Å². The number of carbonyl (C=O) groups is 1. The molecule has 20 heavy (non-hydrogen) atoms. The summed E-state index contributed by atoms with van der Waals surface area (Å²) in [6.45, 7) is 1.95. The van der Waals surface area contributed by atoms with Crippen LogP contribution < -0.4 is 5.32 Å². The molecule has 5 heteroatoms. The van der Waals surface area contributed by atoms with E-state index in [1.165, 1.54) is 0 Å². The molecular weight excluding hydrogens is 252 g/mol. The summed E-state index contributed by atoms with van der Waals surface area (Å²) < 4.78 is 0. The largest absolute Gasteiger partial charge is 0.346 e. The second-order valence-electron chi connectivity index (χ2n) is 4.61. The second kappa shape index (κ2) is 5.13. The minimum Gasteiger partial charge on any atom is -0.346 e. The number of hydrogen-bond donors (Lipinski definition) is 2. The summed E-state index contributed by atoms with van der Waals surface area (Å²) in [4.78, 5) is 23.3. The maximum absolute atomic E-state index is 12.2. The van der Waals surface area contributed by atoms with Crippen LogP contribution in [0.2, 0.25) is 0 Å². The van der Waals surface area contributed by atoms with E-state index in [0.717, 1.165) is 16.6 Å². The Hall–Kier alpha value is -2.69. The van der Waals surface area contributed by atoms with Crippen molar-refractivity contribution in [2.75, 3.05) is 0 Å². The number of aromatic nitrogens is 3. The van der Waals surface area contributed by atoms with Crippen LogP contribution in [0.3, 0.4) is 0 Å². The van der Waals surface area contributed by atoms with Crippen molar-refractivity contribution in [2.24, 2.45) is 0 Å². The van der Waals surface area contributed by atoms with E-state index in [0.29, 0.717) is 5.56 Å². The topological polar surface area (TPSA) is 70.7 Å². The van der Waals surface area contributed by atoms with Gasteiger partial charge in [0.25, 0.3) is 5.91 Å². The minimum atomic E-state index is -0.106. The predicted molar refractivity (Wildman–Crippen MR) is 76.2 cm³/mol. The SMILES string of the molecule is CC(NC(=O)c1ccc2nc[nH]c2c1)c1ccncc1. The third-order valence-electron chi connectivity index (χ3n) is 3.24. The molecular formula is C15H14N4O. The molecule has 0 aliphatic heterocycles. The van der Waals surface area contributed by atoms with Crippen molar-refractivity contribution in [3.8, 4) is 0 Å². The zero-order valence-electron chi connectivity index (χ0n) is 11.0. The number of nitrogens with zero attached hydrogens (tertiary/aromatic N) is 2. The van der Waals surface area contributed by atoms with Crippen LogP contribution in [0.1, 0.15) is 28.9 Å². The third kappa shape index (κ3) is 2.38. The fourth-order valence-electron chi connectivity index (χ4n) is 2.09. The second-order valence-corrected chi connectivity index (χ2v) is 4.61. The van der Waals surface area contributed by atoms with Crippen molar-refractivity contribution >= 4 is 16.9 Å². The van der Waals surface area contributed by atoms with Gasteiger partial charge in [0, 0.05) is 18.0 Å². The molecule has 0 saturated carbocycles. The molecule has 2 aromatic heterocycles. The highest BCUT2D eigenvalue weighted by Gasteiger charge is 2.12. The quantitative estimate of drug-likeness (QED) is 0.765. The predicted octanol–water partition coefficient (Wildman–Crippen LogP) is 2.45. The number of nitrogens with one attached hydrogen (secondary N) is 2. The van der Waals surface area contributed by atoms with Crippen molar-refractivity contribution < 1.29 is 4.79 Å². The molecule has 0 bridgehead atoms. The summed E-state index contributed by atoms with van der Waals surface area (Å²) in [5.74, 6) is -0.106. The highest BCUT2D eigenvalue weighted by molar-refractivity contribution is 5.97. The summed E-state index contributed by atoms with van der Waals surface area (Å²) >= 11 is 0. The summed E-state index contributed by atoms with van der Waals surface area (Å²) in [7, 11) is 0. The normalized spacial score (nSPS) is 12.2. The summed E-state index contributed by atoms with van der Waals surface area (Å²) in [5.41, 5.74) is 3.34. The van der Waals surface area contributed by atoms with Gasteiger partial charge in [-0.1, -0.05) is 0 Å². The molecule has 0 aliphatic rings. The Morgan fingerprint density at radius 3 is 2.85 bits per heavy atom. The van der Waals surface area contributed by atoms with E-state index in [1.54, 1.807) is 30.9 Å². The molecule has 1 atom stereocenters. The van der Waals surface area contributed by atoms with Gasteiger partial charge in [0.15, 0.2) is 0 Å². The molecule has 0 aliphatic carbocycles. The van der Waals surface area contributed by atoms with Crippen LogP contribution in [0.15, 0.2) is 49.1 Å².